The first-order valence-electron chi connectivity index (χ1n) is 10.7. The van der Waals surface area contributed by atoms with Gasteiger partial charge in [0.05, 0.1) is 6.54 Å². The van der Waals surface area contributed by atoms with Crippen LogP contribution in [0.2, 0.25) is 0 Å². The number of rotatable bonds is 10. The summed E-state index contributed by atoms with van der Waals surface area (Å²) in [5.74, 6) is 0.425. The lowest BCUT2D eigenvalue weighted by Gasteiger charge is -2.18. The van der Waals surface area contributed by atoms with E-state index in [0.717, 1.165) is 22.6 Å². The van der Waals surface area contributed by atoms with E-state index in [2.05, 4.69) is 17.2 Å². The van der Waals surface area contributed by atoms with E-state index < -0.39 is 0 Å². The van der Waals surface area contributed by atoms with Crippen molar-refractivity contribution in [2.24, 2.45) is 0 Å². The van der Waals surface area contributed by atoms with E-state index in [9.17, 15) is 9.59 Å². The second kappa shape index (κ2) is 11.5. The highest BCUT2D eigenvalue weighted by molar-refractivity contribution is 5.98. The molecule has 0 aliphatic rings. The Labute approximate surface area is 194 Å². The molecule has 0 saturated heterocycles. The summed E-state index contributed by atoms with van der Waals surface area (Å²) in [6, 6.07) is 24.1. The second-order valence-corrected chi connectivity index (χ2v) is 7.90. The van der Waals surface area contributed by atoms with Gasteiger partial charge in [0.15, 0.2) is 0 Å². The Morgan fingerprint density at radius 1 is 0.939 bits per heavy atom. The third-order valence-electron chi connectivity index (χ3n) is 4.80. The van der Waals surface area contributed by atoms with Crippen molar-refractivity contribution in [2.75, 3.05) is 30.8 Å². The fourth-order valence-electron chi connectivity index (χ4n) is 3.14. The number of amides is 2. The Kier molecular flexibility index (Phi) is 8.24. The van der Waals surface area contributed by atoms with Crippen molar-refractivity contribution < 1.29 is 14.3 Å². The first-order valence-corrected chi connectivity index (χ1v) is 10.7. The summed E-state index contributed by atoms with van der Waals surface area (Å²) >= 11 is 0. The maximum Gasteiger partial charge on any atom is 0.253 e. The van der Waals surface area contributed by atoms with Gasteiger partial charge in [0.25, 0.3) is 5.91 Å². The van der Waals surface area contributed by atoms with Crippen LogP contribution in [0.15, 0.2) is 91.0 Å². The molecule has 3 rings (SSSR count). The summed E-state index contributed by atoms with van der Waals surface area (Å²) in [5.41, 5.74) is 3.90. The number of carbonyl (C=O) groups excluding carboxylic acids is 2. The molecule has 2 N–H and O–H groups in total. The second-order valence-electron chi connectivity index (χ2n) is 7.90. The molecule has 0 aliphatic carbocycles. The van der Waals surface area contributed by atoms with Crippen LogP contribution >= 0.6 is 0 Å². The van der Waals surface area contributed by atoms with Gasteiger partial charge in [-0.3, -0.25) is 9.59 Å². The summed E-state index contributed by atoms with van der Waals surface area (Å²) < 4.78 is 5.57. The van der Waals surface area contributed by atoms with E-state index in [-0.39, 0.29) is 18.4 Å². The molecule has 0 saturated carbocycles. The minimum atomic E-state index is -0.208. The average Bonchev–Trinajstić information content (AvgIpc) is 2.82. The summed E-state index contributed by atoms with van der Waals surface area (Å²) in [4.78, 5) is 26.8. The van der Waals surface area contributed by atoms with E-state index in [1.165, 1.54) is 0 Å². The number of ether oxygens (including phenoxy) is 1. The van der Waals surface area contributed by atoms with E-state index in [1.807, 2.05) is 61.5 Å². The zero-order valence-corrected chi connectivity index (χ0v) is 19.0. The molecule has 0 heterocycles. The third-order valence-corrected chi connectivity index (χ3v) is 4.80. The van der Waals surface area contributed by atoms with Gasteiger partial charge in [-0.1, -0.05) is 43.0 Å². The van der Waals surface area contributed by atoms with Gasteiger partial charge < -0.3 is 20.3 Å². The van der Waals surface area contributed by atoms with Crippen LogP contribution in [0.5, 0.6) is 5.75 Å². The molecule has 0 atom stereocenters. The van der Waals surface area contributed by atoms with Crippen LogP contribution < -0.4 is 15.4 Å². The van der Waals surface area contributed by atoms with Gasteiger partial charge in [-0.25, -0.2) is 0 Å². The Bertz CT molecular complexity index is 1100. The molecule has 6 heteroatoms. The Balaban J connectivity index is 1.51. The number of nitrogens with zero attached hydrogens (tertiary/aromatic N) is 1. The van der Waals surface area contributed by atoms with Crippen LogP contribution in [0.1, 0.15) is 22.8 Å². The normalized spacial score (nSPS) is 10.2. The van der Waals surface area contributed by atoms with Gasteiger partial charge in [0.1, 0.15) is 12.4 Å². The number of hydrogen-bond acceptors (Lipinski definition) is 4. The van der Waals surface area contributed by atoms with E-state index in [1.54, 1.807) is 36.2 Å². The summed E-state index contributed by atoms with van der Waals surface area (Å²) in [6.45, 7) is 6.79. The van der Waals surface area contributed by atoms with Crippen molar-refractivity contribution in [3.8, 4) is 5.75 Å². The quantitative estimate of drug-likeness (QED) is 0.434. The van der Waals surface area contributed by atoms with E-state index in [4.69, 9.17) is 4.74 Å². The number of nitrogens with one attached hydrogen (secondary N) is 2. The van der Waals surface area contributed by atoms with Gasteiger partial charge >= 0.3 is 0 Å². The number of anilines is 2. The molecular formula is C27H29N3O3. The molecule has 0 fully saturated rings. The Hall–Kier alpha value is -4.06. The summed E-state index contributed by atoms with van der Waals surface area (Å²) in [6.07, 6.45) is 0. The van der Waals surface area contributed by atoms with Gasteiger partial charge in [-0.15, -0.1) is 0 Å². The fraction of sp³-hybridized carbons (Fsp3) is 0.185. The van der Waals surface area contributed by atoms with Crippen LogP contribution in [-0.4, -0.2) is 36.9 Å². The van der Waals surface area contributed by atoms with Crippen molar-refractivity contribution in [3.05, 3.63) is 102 Å². The number of benzene rings is 3. The lowest BCUT2D eigenvalue weighted by molar-refractivity contribution is -0.114. The molecule has 0 unspecified atom stereocenters. The van der Waals surface area contributed by atoms with Gasteiger partial charge in [-0.05, 0) is 60.5 Å². The van der Waals surface area contributed by atoms with Crippen molar-refractivity contribution in [1.29, 1.82) is 0 Å². The smallest absolute Gasteiger partial charge is 0.253 e. The largest absolute Gasteiger partial charge is 0.489 e. The van der Waals surface area contributed by atoms with Crippen LogP contribution in [0, 0.1) is 0 Å². The molecule has 0 radical (unpaired) electrons. The van der Waals surface area contributed by atoms with Crippen molar-refractivity contribution in [2.45, 2.75) is 13.5 Å². The summed E-state index contributed by atoms with van der Waals surface area (Å²) in [7, 11) is 1.76. The van der Waals surface area contributed by atoms with Crippen LogP contribution in [-0.2, 0) is 11.3 Å². The van der Waals surface area contributed by atoms with Crippen molar-refractivity contribution in [3.63, 3.8) is 0 Å². The lowest BCUT2D eigenvalue weighted by Crippen LogP contribution is -2.26. The maximum absolute atomic E-state index is 12.8. The lowest BCUT2D eigenvalue weighted by atomic mass is 10.1. The molecular weight excluding hydrogens is 414 g/mol. The van der Waals surface area contributed by atoms with Crippen LogP contribution in [0.4, 0.5) is 11.4 Å². The topological polar surface area (TPSA) is 70.7 Å². The number of hydrogen-bond donors (Lipinski definition) is 2. The van der Waals surface area contributed by atoms with Crippen molar-refractivity contribution in [1.82, 2.24) is 4.90 Å². The highest BCUT2D eigenvalue weighted by atomic mass is 16.5. The molecule has 3 aromatic carbocycles. The minimum Gasteiger partial charge on any atom is -0.489 e. The molecule has 6 nitrogen and oxygen atoms in total. The molecule has 33 heavy (non-hydrogen) atoms. The first-order chi connectivity index (χ1) is 15.9. The molecule has 3 aromatic rings. The van der Waals surface area contributed by atoms with Gasteiger partial charge in [0, 0.05) is 30.5 Å². The Morgan fingerprint density at radius 3 is 2.36 bits per heavy atom. The average molecular weight is 444 g/mol. The predicted octanol–water partition coefficient (Wildman–Crippen LogP) is 4.96. The minimum absolute atomic E-state index is 0.0953. The number of carbonyl (C=O) groups is 2. The van der Waals surface area contributed by atoms with E-state index in [0.29, 0.717) is 24.4 Å². The molecule has 2 amide bonds. The zero-order chi connectivity index (χ0) is 23.6. The zero-order valence-electron chi connectivity index (χ0n) is 19.0. The first kappa shape index (κ1) is 23.6. The predicted molar refractivity (Wildman–Crippen MR) is 133 cm³/mol. The molecule has 0 aromatic heterocycles. The molecule has 0 spiro atoms. The van der Waals surface area contributed by atoms with Gasteiger partial charge in [0.2, 0.25) is 5.91 Å². The standard InChI is InChI=1S/C27H29N3O3/c1-20(2)19-33-25-14-12-23(13-15-25)28-17-26(31)29-24-11-7-10-22(16-24)27(32)30(3)18-21-8-5-4-6-9-21/h4-16,28H,1,17-19H2,2-3H3,(H,29,31). The SMILES string of the molecule is C=C(C)COc1ccc(NCC(=O)Nc2cccc(C(=O)N(C)Cc3ccccc3)c2)cc1. The van der Waals surface area contributed by atoms with Crippen LogP contribution in [0.25, 0.3) is 0 Å². The Morgan fingerprint density at radius 2 is 1.67 bits per heavy atom. The van der Waals surface area contributed by atoms with E-state index >= 15 is 0 Å². The van der Waals surface area contributed by atoms with Crippen molar-refractivity contribution >= 4 is 23.2 Å². The van der Waals surface area contributed by atoms with Crippen LogP contribution in [0.3, 0.4) is 0 Å². The molecule has 0 bridgehead atoms. The maximum atomic E-state index is 12.8. The highest BCUT2D eigenvalue weighted by Crippen LogP contribution is 2.17. The monoisotopic (exact) mass is 443 g/mol. The third kappa shape index (κ3) is 7.54. The van der Waals surface area contributed by atoms with Gasteiger partial charge in [-0.2, -0.15) is 0 Å². The molecule has 170 valence electrons. The summed E-state index contributed by atoms with van der Waals surface area (Å²) in [5, 5.41) is 5.91. The highest BCUT2D eigenvalue weighted by Gasteiger charge is 2.13. The fourth-order valence-corrected chi connectivity index (χ4v) is 3.14. The molecule has 0 aliphatic heterocycles.